The molecule has 4 rings (SSSR count). The van der Waals surface area contributed by atoms with Crippen LogP contribution in [0.2, 0.25) is 0 Å². The Morgan fingerprint density at radius 2 is 1.45 bits per heavy atom. The van der Waals surface area contributed by atoms with E-state index in [0.29, 0.717) is 12.8 Å². The van der Waals surface area contributed by atoms with Crippen LogP contribution in [0.4, 0.5) is 13.2 Å². The van der Waals surface area contributed by atoms with Crippen molar-refractivity contribution in [3.8, 4) is 5.75 Å². The molecule has 156 valence electrons. The first-order chi connectivity index (χ1) is 13.6. The van der Waals surface area contributed by atoms with Crippen LogP contribution in [0.5, 0.6) is 5.75 Å². The maximum atomic E-state index is 12.6. The molecule has 2 amide bonds. The fourth-order valence-corrected chi connectivity index (χ4v) is 5.44. The molecule has 1 aromatic carbocycles. The third kappa shape index (κ3) is 3.52. The van der Waals surface area contributed by atoms with Gasteiger partial charge in [-0.3, -0.25) is 14.5 Å². The van der Waals surface area contributed by atoms with Crippen LogP contribution in [-0.4, -0.2) is 54.9 Å². The zero-order valence-electron chi connectivity index (χ0n) is 15.0. The molecule has 0 saturated carbocycles. The molecule has 2 saturated heterocycles. The number of halogens is 3. The lowest BCUT2D eigenvalue weighted by Crippen LogP contribution is -2.62. The van der Waals surface area contributed by atoms with Gasteiger partial charge in [-0.25, -0.2) is 8.42 Å². The van der Waals surface area contributed by atoms with Crippen LogP contribution in [0.25, 0.3) is 0 Å². The van der Waals surface area contributed by atoms with E-state index in [1.165, 1.54) is 4.90 Å². The van der Waals surface area contributed by atoms with E-state index in [0.717, 1.165) is 28.6 Å². The van der Waals surface area contributed by atoms with Gasteiger partial charge in [0, 0.05) is 13.1 Å². The zero-order valence-corrected chi connectivity index (χ0v) is 15.8. The van der Waals surface area contributed by atoms with Crippen molar-refractivity contribution in [1.82, 2.24) is 9.21 Å². The second-order valence-corrected chi connectivity index (χ2v) is 9.14. The number of sulfonamides is 1. The van der Waals surface area contributed by atoms with E-state index in [1.54, 1.807) is 0 Å². The van der Waals surface area contributed by atoms with Crippen LogP contribution in [0.15, 0.2) is 41.3 Å². The van der Waals surface area contributed by atoms with Gasteiger partial charge in [0.05, 0.1) is 22.8 Å². The molecule has 3 aliphatic rings. The number of ether oxygens (including phenoxy) is 1. The number of alkyl halides is 3. The van der Waals surface area contributed by atoms with Crippen LogP contribution < -0.4 is 4.74 Å². The summed E-state index contributed by atoms with van der Waals surface area (Å²) in [5, 5.41) is 0. The van der Waals surface area contributed by atoms with E-state index < -0.39 is 28.2 Å². The maximum absolute atomic E-state index is 12.6. The van der Waals surface area contributed by atoms with Gasteiger partial charge in [0.15, 0.2) is 0 Å². The van der Waals surface area contributed by atoms with Crippen molar-refractivity contribution in [3.05, 3.63) is 36.4 Å². The largest absolute Gasteiger partial charge is 0.573 e. The van der Waals surface area contributed by atoms with Gasteiger partial charge in [0.1, 0.15) is 5.75 Å². The van der Waals surface area contributed by atoms with Gasteiger partial charge in [-0.2, -0.15) is 4.31 Å². The van der Waals surface area contributed by atoms with Crippen molar-refractivity contribution in [1.29, 1.82) is 0 Å². The SMILES string of the molecule is O=C1C2CC=CCC2C(=O)N1C1CN(S(=O)(=O)c2ccc(OC(F)(F)F)cc2)C1. The summed E-state index contributed by atoms with van der Waals surface area (Å²) >= 11 is 0. The second-order valence-electron chi connectivity index (χ2n) is 7.20. The Labute approximate surface area is 164 Å². The lowest BCUT2D eigenvalue weighted by molar-refractivity contribution is -0.274. The third-order valence-electron chi connectivity index (χ3n) is 5.43. The Hall–Kier alpha value is -2.40. The molecule has 1 aliphatic carbocycles. The third-order valence-corrected chi connectivity index (χ3v) is 7.28. The summed E-state index contributed by atoms with van der Waals surface area (Å²) in [5.74, 6) is -1.80. The molecule has 0 aromatic heterocycles. The van der Waals surface area contributed by atoms with Gasteiger partial charge in [0.25, 0.3) is 0 Å². The topological polar surface area (TPSA) is 84.0 Å². The van der Waals surface area contributed by atoms with Crippen molar-refractivity contribution < 1.29 is 35.9 Å². The number of carbonyl (C=O) groups is 2. The number of hydrogen-bond acceptors (Lipinski definition) is 5. The Balaban J connectivity index is 1.43. The average Bonchev–Trinajstić information content (AvgIpc) is 2.85. The fraction of sp³-hybridized carbons (Fsp3) is 0.444. The molecule has 29 heavy (non-hydrogen) atoms. The summed E-state index contributed by atoms with van der Waals surface area (Å²) in [6.07, 6.45) is -0.106. The smallest absolute Gasteiger partial charge is 0.406 e. The molecule has 0 N–H and O–H groups in total. The van der Waals surface area contributed by atoms with Crippen molar-refractivity contribution in [2.45, 2.75) is 30.1 Å². The number of nitrogens with zero attached hydrogens (tertiary/aromatic N) is 2. The molecule has 0 bridgehead atoms. The molecular formula is C18H17F3N2O5S. The number of likely N-dealkylation sites (tertiary alicyclic amines) is 1. The Bertz CT molecular complexity index is 942. The minimum absolute atomic E-state index is 0.0342. The predicted molar refractivity (Wildman–Crippen MR) is 92.9 cm³/mol. The van der Waals surface area contributed by atoms with Crippen molar-refractivity contribution in [2.75, 3.05) is 13.1 Å². The van der Waals surface area contributed by atoms with E-state index in [2.05, 4.69) is 4.74 Å². The Morgan fingerprint density at radius 1 is 0.931 bits per heavy atom. The molecule has 2 unspecified atom stereocenters. The number of amides is 2. The van der Waals surface area contributed by atoms with Crippen LogP contribution in [0, 0.1) is 11.8 Å². The lowest BCUT2D eigenvalue weighted by Gasteiger charge is -2.42. The summed E-state index contributed by atoms with van der Waals surface area (Å²) in [4.78, 5) is 26.1. The molecule has 1 aromatic rings. The van der Waals surface area contributed by atoms with Gasteiger partial charge >= 0.3 is 6.36 Å². The number of benzene rings is 1. The van der Waals surface area contributed by atoms with E-state index in [-0.39, 0.29) is 41.6 Å². The predicted octanol–water partition coefficient (Wildman–Crippen LogP) is 1.91. The minimum Gasteiger partial charge on any atom is -0.406 e. The highest BCUT2D eigenvalue weighted by Gasteiger charge is 2.53. The number of allylic oxidation sites excluding steroid dienone is 2. The van der Waals surface area contributed by atoms with E-state index >= 15 is 0 Å². The molecule has 0 radical (unpaired) electrons. The molecule has 11 heteroatoms. The molecule has 2 atom stereocenters. The highest BCUT2D eigenvalue weighted by Crippen LogP contribution is 2.38. The summed E-state index contributed by atoms with van der Waals surface area (Å²) in [7, 11) is -3.95. The highest BCUT2D eigenvalue weighted by molar-refractivity contribution is 7.89. The van der Waals surface area contributed by atoms with Crippen LogP contribution in [-0.2, 0) is 19.6 Å². The number of carbonyl (C=O) groups excluding carboxylic acids is 2. The van der Waals surface area contributed by atoms with Crippen molar-refractivity contribution in [2.24, 2.45) is 11.8 Å². The maximum Gasteiger partial charge on any atom is 0.573 e. The molecule has 2 aliphatic heterocycles. The van der Waals surface area contributed by atoms with Crippen molar-refractivity contribution >= 4 is 21.8 Å². The Morgan fingerprint density at radius 3 is 1.93 bits per heavy atom. The monoisotopic (exact) mass is 430 g/mol. The first-order valence-electron chi connectivity index (χ1n) is 8.96. The summed E-state index contributed by atoms with van der Waals surface area (Å²) < 4.78 is 66.8. The highest BCUT2D eigenvalue weighted by atomic mass is 32.2. The first kappa shape index (κ1) is 19.9. The van der Waals surface area contributed by atoms with E-state index in [1.807, 2.05) is 12.2 Å². The van der Waals surface area contributed by atoms with Crippen LogP contribution >= 0.6 is 0 Å². The molecule has 2 heterocycles. The normalized spacial score (nSPS) is 25.8. The van der Waals surface area contributed by atoms with Gasteiger partial charge in [-0.05, 0) is 37.1 Å². The number of rotatable bonds is 4. The zero-order chi connectivity index (χ0) is 21.0. The molecule has 7 nitrogen and oxygen atoms in total. The number of hydrogen-bond donors (Lipinski definition) is 0. The molecular weight excluding hydrogens is 413 g/mol. The summed E-state index contributed by atoms with van der Waals surface area (Å²) in [6, 6.07) is 3.36. The van der Waals surface area contributed by atoms with Gasteiger partial charge in [-0.15, -0.1) is 13.2 Å². The van der Waals surface area contributed by atoms with E-state index in [4.69, 9.17) is 0 Å². The number of imide groups is 1. The lowest BCUT2D eigenvalue weighted by atomic mass is 9.85. The second kappa shape index (κ2) is 6.84. The van der Waals surface area contributed by atoms with Crippen LogP contribution in [0.3, 0.4) is 0 Å². The molecule has 2 fully saturated rings. The van der Waals surface area contributed by atoms with Crippen molar-refractivity contribution in [3.63, 3.8) is 0 Å². The van der Waals surface area contributed by atoms with E-state index in [9.17, 15) is 31.2 Å². The average molecular weight is 430 g/mol. The van der Waals surface area contributed by atoms with Gasteiger partial charge < -0.3 is 4.74 Å². The standard InChI is InChI=1S/C18H17F3N2O5S/c19-18(20,21)28-12-5-7-13(8-6-12)29(26,27)22-9-11(10-22)23-16(24)14-3-1-2-4-15(14)17(23)25/h1-2,5-8,11,14-15H,3-4,9-10H2. The quantitative estimate of drug-likeness (QED) is 0.538. The minimum atomic E-state index is -4.87. The number of fused-ring (bicyclic) bond motifs is 1. The fourth-order valence-electron chi connectivity index (χ4n) is 3.92. The molecule has 0 spiro atoms. The van der Waals surface area contributed by atoms with Gasteiger partial charge in [-0.1, -0.05) is 12.2 Å². The van der Waals surface area contributed by atoms with Gasteiger partial charge in [0.2, 0.25) is 21.8 Å². The summed E-state index contributed by atoms with van der Waals surface area (Å²) in [6.45, 7) is -0.0685. The van der Waals surface area contributed by atoms with Crippen LogP contribution in [0.1, 0.15) is 12.8 Å². The first-order valence-corrected chi connectivity index (χ1v) is 10.4. The Kier molecular flexibility index (Phi) is 4.69. The summed E-state index contributed by atoms with van der Waals surface area (Å²) in [5.41, 5.74) is 0.